The van der Waals surface area contributed by atoms with Gasteiger partial charge in [-0.2, -0.15) is 13.2 Å². The number of carbonyl (C=O) groups excluding carboxylic acids is 1. The molecule has 0 aliphatic heterocycles. The second-order valence-corrected chi connectivity index (χ2v) is 7.57. The first-order valence-corrected chi connectivity index (χ1v) is 10.3. The van der Waals surface area contributed by atoms with E-state index in [1.54, 1.807) is 19.5 Å². The van der Waals surface area contributed by atoms with Crippen LogP contribution in [0.4, 0.5) is 13.2 Å². The smallest absolute Gasteiger partial charge is 0.416 e. The Kier molecular flexibility index (Phi) is 6.31. The van der Waals surface area contributed by atoms with Gasteiger partial charge < -0.3 is 10.1 Å². The Hall–Kier alpha value is -3.87. The Labute approximate surface area is 189 Å². The van der Waals surface area contributed by atoms with Crippen molar-refractivity contribution < 1.29 is 22.7 Å². The van der Waals surface area contributed by atoms with E-state index in [4.69, 9.17) is 4.74 Å². The summed E-state index contributed by atoms with van der Waals surface area (Å²) >= 11 is 0. The first kappa shape index (κ1) is 22.3. The molecular weight excluding hydrogens is 429 g/mol. The Morgan fingerprint density at radius 3 is 2.52 bits per heavy atom. The number of carbonyl (C=O) groups is 1. The van der Waals surface area contributed by atoms with E-state index in [-0.39, 0.29) is 18.9 Å². The molecule has 4 aromatic rings. The number of methoxy groups -OCH3 is 1. The molecule has 1 amide bonds. The Bertz CT molecular complexity index is 1280. The molecule has 0 aliphatic carbocycles. The van der Waals surface area contributed by atoms with Crippen LogP contribution in [0.2, 0.25) is 0 Å². The van der Waals surface area contributed by atoms with E-state index in [1.807, 2.05) is 42.5 Å². The number of amides is 1. The minimum absolute atomic E-state index is 0.00376. The van der Waals surface area contributed by atoms with Crippen molar-refractivity contribution >= 4 is 16.7 Å². The van der Waals surface area contributed by atoms with Crippen molar-refractivity contribution in [3.8, 4) is 16.9 Å². The van der Waals surface area contributed by atoms with Gasteiger partial charge in [0.25, 0.3) is 0 Å². The summed E-state index contributed by atoms with van der Waals surface area (Å²) in [5.41, 5.74) is 2.70. The third kappa shape index (κ3) is 5.14. The van der Waals surface area contributed by atoms with E-state index >= 15 is 0 Å². The number of hydrogen-bond donors (Lipinski definition) is 1. The van der Waals surface area contributed by atoms with Gasteiger partial charge in [0.05, 0.1) is 19.1 Å². The van der Waals surface area contributed by atoms with Crippen molar-refractivity contribution in [3.05, 3.63) is 95.8 Å². The maximum Gasteiger partial charge on any atom is 0.416 e. The predicted octanol–water partition coefficient (Wildman–Crippen LogP) is 5.79. The molecule has 0 aliphatic rings. The van der Waals surface area contributed by atoms with Crippen LogP contribution in [0.1, 0.15) is 16.7 Å². The molecule has 7 heteroatoms. The van der Waals surface area contributed by atoms with E-state index in [9.17, 15) is 18.0 Å². The van der Waals surface area contributed by atoms with Crippen LogP contribution < -0.4 is 10.1 Å². The number of rotatable bonds is 6. The third-order valence-electron chi connectivity index (χ3n) is 5.41. The maximum atomic E-state index is 12.7. The Balaban J connectivity index is 1.51. The van der Waals surface area contributed by atoms with Gasteiger partial charge in [-0.05, 0) is 58.0 Å². The molecule has 0 atom stereocenters. The van der Waals surface area contributed by atoms with Crippen molar-refractivity contribution in [3.63, 3.8) is 0 Å². The van der Waals surface area contributed by atoms with Gasteiger partial charge in [0.15, 0.2) is 0 Å². The summed E-state index contributed by atoms with van der Waals surface area (Å²) in [5, 5.41) is 4.76. The van der Waals surface area contributed by atoms with Gasteiger partial charge in [0.1, 0.15) is 5.75 Å². The average molecular weight is 450 g/mol. The van der Waals surface area contributed by atoms with Crippen molar-refractivity contribution in [1.82, 2.24) is 10.3 Å². The molecule has 0 fully saturated rings. The number of hydrogen-bond acceptors (Lipinski definition) is 3. The molecule has 1 heterocycles. The molecule has 0 bridgehead atoms. The quantitative estimate of drug-likeness (QED) is 0.405. The van der Waals surface area contributed by atoms with Crippen LogP contribution in [0.25, 0.3) is 21.9 Å². The highest BCUT2D eigenvalue weighted by Crippen LogP contribution is 2.32. The number of alkyl halides is 3. The maximum absolute atomic E-state index is 12.7. The van der Waals surface area contributed by atoms with E-state index in [0.717, 1.165) is 45.3 Å². The number of fused-ring (bicyclic) bond motifs is 1. The van der Waals surface area contributed by atoms with Crippen LogP contribution in [0, 0.1) is 0 Å². The summed E-state index contributed by atoms with van der Waals surface area (Å²) in [6.45, 7) is 0.278. The minimum Gasteiger partial charge on any atom is -0.497 e. The lowest BCUT2D eigenvalue weighted by molar-refractivity contribution is -0.137. The molecular formula is C26H21F3N2O2. The monoisotopic (exact) mass is 450 g/mol. The zero-order chi connectivity index (χ0) is 23.4. The first-order valence-electron chi connectivity index (χ1n) is 10.3. The molecule has 1 aromatic heterocycles. The fourth-order valence-electron chi connectivity index (χ4n) is 3.70. The SMILES string of the molecule is COc1cccc(-c2ccc(CNC(=O)Cc3ccc(C(F)(F)F)cc3)c3cnccc23)c1. The Morgan fingerprint density at radius 1 is 1.00 bits per heavy atom. The van der Waals surface area contributed by atoms with Gasteiger partial charge in [-0.25, -0.2) is 0 Å². The van der Waals surface area contributed by atoms with Crippen molar-refractivity contribution in [1.29, 1.82) is 0 Å². The predicted molar refractivity (Wildman–Crippen MR) is 121 cm³/mol. The summed E-state index contributed by atoms with van der Waals surface area (Å²) in [6, 6.07) is 18.3. The summed E-state index contributed by atoms with van der Waals surface area (Å²) in [5.74, 6) is 0.484. The van der Waals surface area contributed by atoms with Crippen LogP contribution in [0.15, 0.2) is 79.1 Å². The number of nitrogens with one attached hydrogen (secondary N) is 1. The second kappa shape index (κ2) is 9.32. The Morgan fingerprint density at radius 2 is 1.79 bits per heavy atom. The topological polar surface area (TPSA) is 51.2 Å². The fourth-order valence-corrected chi connectivity index (χ4v) is 3.70. The van der Waals surface area contributed by atoms with Crippen LogP contribution in [-0.4, -0.2) is 18.0 Å². The number of aromatic nitrogens is 1. The molecule has 0 spiro atoms. The number of ether oxygens (including phenoxy) is 1. The highest BCUT2D eigenvalue weighted by atomic mass is 19.4. The molecule has 1 N–H and O–H groups in total. The second-order valence-electron chi connectivity index (χ2n) is 7.57. The molecule has 4 nitrogen and oxygen atoms in total. The average Bonchev–Trinajstić information content (AvgIpc) is 2.82. The van der Waals surface area contributed by atoms with Crippen LogP contribution in [0.3, 0.4) is 0 Å². The minimum atomic E-state index is -4.40. The lowest BCUT2D eigenvalue weighted by Crippen LogP contribution is -2.24. The molecule has 168 valence electrons. The van der Waals surface area contributed by atoms with Crippen molar-refractivity contribution in [2.75, 3.05) is 7.11 Å². The molecule has 0 saturated heterocycles. The molecule has 3 aromatic carbocycles. The zero-order valence-electron chi connectivity index (χ0n) is 17.8. The van der Waals surface area contributed by atoms with Gasteiger partial charge >= 0.3 is 6.18 Å². The third-order valence-corrected chi connectivity index (χ3v) is 5.41. The van der Waals surface area contributed by atoms with Gasteiger partial charge in [-0.3, -0.25) is 9.78 Å². The summed E-state index contributed by atoms with van der Waals surface area (Å²) in [6.07, 6.45) is -0.918. The van der Waals surface area contributed by atoms with E-state index in [0.29, 0.717) is 5.56 Å². The number of nitrogens with zero attached hydrogens (tertiary/aromatic N) is 1. The van der Waals surface area contributed by atoms with Gasteiger partial charge in [-0.1, -0.05) is 36.4 Å². The lowest BCUT2D eigenvalue weighted by atomic mass is 9.96. The van der Waals surface area contributed by atoms with Gasteiger partial charge in [0, 0.05) is 24.3 Å². The normalized spacial score (nSPS) is 11.4. The standard InChI is InChI=1S/C26H21F3N2O2/c1-33-21-4-2-3-18(14-21)22-10-7-19(24-16-30-12-11-23(22)24)15-31-25(32)13-17-5-8-20(9-6-17)26(27,28)29/h2-12,14,16H,13,15H2,1H3,(H,31,32). The molecule has 0 radical (unpaired) electrons. The number of halogens is 3. The van der Waals surface area contributed by atoms with Gasteiger partial charge in [0.2, 0.25) is 5.91 Å². The van der Waals surface area contributed by atoms with Crippen LogP contribution in [-0.2, 0) is 23.9 Å². The van der Waals surface area contributed by atoms with Crippen LogP contribution >= 0.6 is 0 Å². The molecule has 0 unspecified atom stereocenters. The van der Waals surface area contributed by atoms with E-state index in [1.165, 1.54) is 12.1 Å². The largest absolute Gasteiger partial charge is 0.497 e. The highest BCUT2D eigenvalue weighted by Gasteiger charge is 2.29. The number of benzene rings is 3. The molecule has 4 rings (SSSR count). The van der Waals surface area contributed by atoms with Crippen LogP contribution in [0.5, 0.6) is 5.75 Å². The lowest BCUT2D eigenvalue weighted by Gasteiger charge is -2.13. The summed E-state index contributed by atoms with van der Waals surface area (Å²) in [7, 11) is 1.62. The zero-order valence-corrected chi connectivity index (χ0v) is 17.8. The van der Waals surface area contributed by atoms with Gasteiger partial charge in [-0.15, -0.1) is 0 Å². The molecule has 0 saturated carbocycles. The number of pyridine rings is 1. The van der Waals surface area contributed by atoms with E-state index < -0.39 is 11.7 Å². The molecule has 33 heavy (non-hydrogen) atoms. The summed E-state index contributed by atoms with van der Waals surface area (Å²) in [4.78, 5) is 16.6. The van der Waals surface area contributed by atoms with E-state index in [2.05, 4.69) is 10.3 Å². The van der Waals surface area contributed by atoms with Crippen molar-refractivity contribution in [2.45, 2.75) is 19.1 Å². The van der Waals surface area contributed by atoms with Crippen molar-refractivity contribution in [2.24, 2.45) is 0 Å². The fraction of sp³-hybridized carbons (Fsp3) is 0.154. The summed E-state index contributed by atoms with van der Waals surface area (Å²) < 4.78 is 43.4. The first-order chi connectivity index (χ1) is 15.8. The highest BCUT2D eigenvalue weighted by molar-refractivity contribution is 5.98.